The molecular weight excluding hydrogens is 290 g/mol. The number of aromatic nitrogens is 1. The number of nitrogens with one attached hydrogen (secondary N) is 1. The zero-order valence-corrected chi connectivity index (χ0v) is 13.1. The van der Waals surface area contributed by atoms with E-state index in [1.807, 2.05) is 4.90 Å². The predicted molar refractivity (Wildman–Crippen MR) is 83.7 cm³/mol. The van der Waals surface area contributed by atoms with Crippen LogP contribution in [0.3, 0.4) is 0 Å². The van der Waals surface area contributed by atoms with Gasteiger partial charge in [0.25, 0.3) is 5.91 Å². The zero-order valence-electron chi connectivity index (χ0n) is 12.3. The van der Waals surface area contributed by atoms with Crippen LogP contribution in [-0.2, 0) is 0 Å². The Bertz CT molecular complexity index is 496. The normalized spacial score (nSPS) is 18.0. The average molecular weight is 312 g/mol. The molecule has 2 rings (SSSR count). The first kappa shape index (κ1) is 16.0. The Balaban J connectivity index is 2.01. The number of nitrogens with zero attached hydrogens (tertiary/aromatic N) is 2. The molecule has 1 amide bonds. The largest absolute Gasteiger partial charge is 0.396 e. The topological polar surface area (TPSA) is 65.5 Å². The second-order valence-electron chi connectivity index (χ2n) is 5.40. The predicted octanol–water partition coefficient (Wildman–Crippen LogP) is 2.40. The van der Waals surface area contributed by atoms with Gasteiger partial charge < -0.3 is 15.3 Å². The number of hydrogen-bond donors (Lipinski definition) is 2. The second-order valence-corrected chi connectivity index (χ2v) is 5.81. The minimum atomic E-state index is -0.0353. The first-order valence-electron chi connectivity index (χ1n) is 7.45. The number of carbonyl (C=O) groups excluding carboxylic acids is 1. The highest BCUT2D eigenvalue weighted by Crippen LogP contribution is 2.24. The van der Waals surface area contributed by atoms with Gasteiger partial charge in [-0.3, -0.25) is 4.79 Å². The zero-order chi connectivity index (χ0) is 15.2. The second kappa shape index (κ2) is 7.61. The van der Waals surface area contributed by atoms with Crippen LogP contribution in [0.2, 0.25) is 5.02 Å². The molecule has 6 heteroatoms. The molecule has 1 fully saturated rings. The first-order chi connectivity index (χ1) is 10.2. The van der Waals surface area contributed by atoms with E-state index in [2.05, 4.69) is 17.2 Å². The molecule has 0 saturated carbocycles. The number of aliphatic hydroxyl groups excluding tert-OH is 1. The summed E-state index contributed by atoms with van der Waals surface area (Å²) in [4.78, 5) is 18.5. The molecule has 0 spiro atoms. The van der Waals surface area contributed by atoms with Gasteiger partial charge in [0.05, 0.1) is 10.6 Å². The maximum atomic E-state index is 12.4. The molecule has 0 aromatic carbocycles. The van der Waals surface area contributed by atoms with Gasteiger partial charge in [-0.25, -0.2) is 4.98 Å². The summed E-state index contributed by atoms with van der Waals surface area (Å²) >= 11 is 6.17. The Kier molecular flexibility index (Phi) is 5.82. The van der Waals surface area contributed by atoms with Gasteiger partial charge in [-0.1, -0.05) is 18.5 Å². The van der Waals surface area contributed by atoms with Crippen molar-refractivity contribution < 1.29 is 9.90 Å². The molecule has 1 atom stereocenters. The lowest BCUT2D eigenvalue weighted by Crippen LogP contribution is -2.29. The van der Waals surface area contributed by atoms with Crippen molar-refractivity contribution in [2.45, 2.75) is 26.2 Å². The summed E-state index contributed by atoms with van der Waals surface area (Å²) in [5, 5.41) is 12.6. The SMILES string of the molecule is CCCNc1ncc(C(=O)N2CCC(CCO)C2)cc1Cl. The smallest absolute Gasteiger partial charge is 0.255 e. The number of amides is 1. The van der Waals surface area contributed by atoms with Crippen molar-refractivity contribution in [3.05, 3.63) is 22.8 Å². The van der Waals surface area contributed by atoms with Gasteiger partial charge in [-0.05, 0) is 31.2 Å². The summed E-state index contributed by atoms with van der Waals surface area (Å²) in [6, 6.07) is 1.67. The molecule has 1 aliphatic heterocycles. The van der Waals surface area contributed by atoms with Crippen LogP contribution in [-0.4, -0.2) is 47.1 Å². The van der Waals surface area contributed by atoms with E-state index in [1.54, 1.807) is 12.3 Å². The summed E-state index contributed by atoms with van der Waals surface area (Å²) in [6.07, 6.45) is 4.26. The Hall–Kier alpha value is -1.33. The number of rotatable bonds is 6. The third kappa shape index (κ3) is 4.08. The third-order valence-corrected chi connectivity index (χ3v) is 4.03. The number of likely N-dealkylation sites (tertiary alicyclic amines) is 1. The van der Waals surface area contributed by atoms with E-state index >= 15 is 0 Å². The van der Waals surface area contributed by atoms with Crippen LogP contribution >= 0.6 is 11.6 Å². The van der Waals surface area contributed by atoms with Crippen LogP contribution in [0.5, 0.6) is 0 Å². The van der Waals surface area contributed by atoms with E-state index in [0.29, 0.717) is 28.9 Å². The summed E-state index contributed by atoms with van der Waals surface area (Å²) in [5.41, 5.74) is 0.520. The summed E-state index contributed by atoms with van der Waals surface area (Å²) < 4.78 is 0. The lowest BCUT2D eigenvalue weighted by molar-refractivity contribution is 0.0784. The van der Waals surface area contributed by atoms with Gasteiger partial charge in [0.2, 0.25) is 0 Å². The highest BCUT2D eigenvalue weighted by Gasteiger charge is 2.27. The maximum absolute atomic E-state index is 12.4. The van der Waals surface area contributed by atoms with Crippen molar-refractivity contribution in [3.63, 3.8) is 0 Å². The molecular formula is C15H22ClN3O2. The Morgan fingerprint density at radius 1 is 1.62 bits per heavy atom. The standard InChI is InChI=1S/C15H22ClN3O2/c1-2-5-17-14-13(16)8-12(9-18-14)15(21)19-6-3-11(10-19)4-7-20/h8-9,11,20H,2-7,10H2,1H3,(H,17,18). The molecule has 2 N–H and O–H groups in total. The monoisotopic (exact) mass is 311 g/mol. The Morgan fingerprint density at radius 3 is 3.10 bits per heavy atom. The Labute approximate surface area is 130 Å². The molecule has 0 bridgehead atoms. The van der Waals surface area contributed by atoms with Crippen molar-refractivity contribution in [1.29, 1.82) is 0 Å². The molecule has 1 saturated heterocycles. The van der Waals surface area contributed by atoms with E-state index in [-0.39, 0.29) is 12.5 Å². The van der Waals surface area contributed by atoms with Crippen molar-refractivity contribution in [1.82, 2.24) is 9.88 Å². The summed E-state index contributed by atoms with van der Waals surface area (Å²) in [6.45, 7) is 4.48. The molecule has 116 valence electrons. The van der Waals surface area contributed by atoms with E-state index in [0.717, 1.165) is 32.4 Å². The van der Waals surface area contributed by atoms with Gasteiger partial charge in [-0.2, -0.15) is 0 Å². The average Bonchev–Trinajstić information content (AvgIpc) is 2.94. The molecule has 1 unspecified atom stereocenters. The van der Waals surface area contributed by atoms with Crippen molar-refractivity contribution in [2.24, 2.45) is 5.92 Å². The summed E-state index contributed by atoms with van der Waals surface area (Å²) in [7, 11) is 0. The highest BCUT2D eigenvalue weighted by atomic mass is 35.5. The lowest BCUT2D eigenvalue weighted by atomic mass is 10.1. The number of halogens is 1. The van der Waals surface area contributed by atoms with Crippen molar-refractivity contribution >= 4 is 23.3 Å². The van der Waals surface area contributed by atoms with Crippen LogP contribution in [0.25, 0.3) is 0 Å². The van der Waals surface area contributed by atoms with Gasteiger partial charge >= 0.3 is 0 Å². The van der Waals surface area contributed by atoms with Crippen LogP contribution in [0.1, 0.15) is 36.5 Å². The molecule has 0 radical (unpaired) electrons. The minimum absolute atomic E-state index is 0.0353. The summed E-state index contributed by atoms with van der Waals surface area (Å²) in [5.74, 6) is 0.981. The molecule has 5 nitrogen and oxygen atoms in total. The molecule has 1 aliphatic rings. The minimum Gasteiger partial charge on any atom is -0.396 e. The Morgan fingerprint density at radius 2 is 2.43 bits per heavy atom. The van der Waals surface area contributed by atoms with Gasteiger partial charge in [0, 0.05) is 32.4 Å². The van der Waals surface area contributed by atoms with Gasteiger partial charge in [0.15, 0.2) is 0 Å². The van der Waals surface area contributed by atoms with Crippen molar-refractivity contribution in [2.75, 3.05) is 31.6 Å². The van der Waals surface area contributed by atoms with Gasteiger partial charge in [0.1, 0.15) is 5.82 Å². The highest BCUT2D eigenvalue weighted by molar-refractivity contribution is 6.33. The fourth-order valence-corrected chi connectivity index (χ4v) is 2.78. The van der Waals surface area contributed by atoms with Crippen LogP contribution < -0.4 is 5.32 Å². The first-order valence-corrected chi connectivity index (χ1v) is 7.83. The van der Waals surface area contributed by atoms with E-state index in [9.17, 15) is 4.79 Å². The fraction of sp³-hybridized carbons (Fsp3) is 0.600. The fourth-order valence-electron chi connectivity index (χ4n) is 2.55. The van der Waals surface area contributed by atoms with Crippen molar-refractivity contribution in [3.8, 4) is 0 Å². The maximum Gasteiger partial charge on any atom is 0.255 e. The number of aliphatic hydroxyl groups is 1. The van der Waals surface area contributed by atoms with E-state index in [1.165, 1.54) is 0 Å². The van der Waals surface area contributed by atoms with Gasteiger partial charge in [-0.15, -0.1) is 0 Å². The van der Waals surface area contributed by atoms with E-state index < -0.39 is 0 Å². The number of carbonyl (C=O) groups is 1. The molecule has 2 heterocycles. The van der Waals surface area contributed by atoms with E-state index in [4.69, 9.17) is 16.7 Å². The van der Waals surface area contributed by atoms with Crippen LogP contribution in [0.4, 0.5) is 5.82 Å². The molecule has 1 aromatic rings. The number of anilines is 1. The number of pyridine rings is 1. The molecule has 1 aromatic heterocycles. The molecule has 21 heavy (non-hydrogen) atoms. The third-order valence-electron chi connectivity index (χ3n) is 3.74. The quantitative estimate of drug-likeness (QED) is 0.846. The lowest BCUT2D eigenvalue weighted by Gasteiger charge is -2.17. The van der Waals surface area contributed by atoms with Crippen LogP contribution in [0, 0.1) is 5.92 Å². The van der Waals surface area contributed by atoms with Crippen LogP contribution in [0.15, 0.2) is 12.3 Å². The number of hydrogen-bond acceptors (Lipinski definition) is 4. The molecule has 0 aliphatic carbocycles.